The van der Waals surface area contributed by atoms with Crippen molar-refractivity contribution >= 4 is 17.5 Å². The molecule has 1 aromatic rings. The van der Waals surface area contributed by atoms with Gasteiger partial charge in [0, 0.05) is 46.4 Å². The van der Waals surface area contributed by atoms with Gasteiger partial charge in [0.25, 0.3) is 0 Å². The number of aliphatic hydroxyl groups excluding tert-OH is 2. The van der Waals surface area contributed by atoms with Gasteiger partial charge in [-0.2, -0.15) is 0 Å². The molecule has 6 rings (SSSR count). The molecule has 4 heterocycles. The number of rotatable bonds is 3. The summed E-state index contributed by atoms with van der Waals surface area (Å²) in [4.78, 5) is 42.9. The van der Waals surface area contributed by atoms with E-state index in [0.717, 1.165) is 0 Å². The number of esters is 1. The summed E-state index contributed by atoms with van der Waals surface area (Å²) < 4.78 is 22.6. The number of methoxy groups -OCH3 is 1. The molecular formula is C27H30N2O9. The van der Waals surface area contributed by atoms with Crippen molar-refractivity contribution in [2.45, 2.75) is 64.0 Å². The molecule has 1 aromatic carbocycles. The second kappa shape index (κ2) is 8.63. The molecule has 1 saturated heterocycles. The number of nitrogens with zero attached hydrogens (tertiary/aromatic N) is 2. The van der Waals surface area contributed by atoms with E-state index in [9.17, 15) is 24.6 Å². The number of likely N-dealkylation sites (N-methyl/N-ethyl adjacent to an activating group) is 1. The molecule has 5 atom stereocenters. The second-order valence-electron chi connectivity index (χ2n) is 10.4. The Kier molecular flexibility index (Phi) is 5.69. The highest BCUT2D eigenvalue weighted by atomic mass is 16.7. The van der Waals surface area contributed by atoms with Crippen molar-refractivity contribution in [3.05, 3.63) is 39.2 Å². The topological polar surface area (TPSA) is 135 Å². The number of ketones is 2. The standard InChI is InChI=1S/C27H30N2O9/c1-10-21(32)13-6-16-27(34)29-15(20(28(16)4)19(13)22(33)24(10)35-5)7-14-18(17(29)8-30)26-25(36-9-37-26)11(2)23(14)38-12(3)31/h15-17,20,27,30,34H,6-9H2,1-5H3/t15-,16-,17-,20+,27-/m0/s1. The number of allylic oxidation sites excluding steroid dienone is 2. The minimum atomic E-state index is -1.06. The van der Waals surface area contributed by atoms with Crippen LogP contribution in [0.15, 0.2) is 22.5 Å². The highest BCUT2D eigenvalue weighted by Gasteiger charge is 2.58. The van der Waals surface area contributed by atoms with Crippen molar-refractivity contribution in [3.8, 4) is 17.2 Å². The predicted molar refractivity (Wildman–Crippen MR) is 130 cm³/mol. The zero-order valence-corrected chi connectivity index (χ0v) is 21.9. The molecule has 5 aliphatic rings. The first kappa shape index (κ1) is 25.1. The van der Waals surface area contributed by atoms with E-state index >= 15 is 0 Å². The molecule has 0 radical (unpaired) electrons. The Balaban J connectivity index is 1.57. The third-order valence-electron chi connectivity index (χ3n) is 8.67. The number of piperazine rings is 1. The molecule has 0 unspecified atom stereocenters. The maximum absolute atomic E-state index is 13.7. The largest absolute Gasteiger partial charge is 0.492 e. The second-order valence-corrected chi connectivity index (χ2v) is 10.4. The Labute approximate surface area is 219 Å². The number of ether oxygens (including phenoxy) is 4. The summed E-state index contributed by atoms with van der Waals surface area (Å²) in [6.07, 6.45) is -0.623. The lowest BCUT2D eigenvalue weighted by Crippen LogP contribution is -2.72. The Morgan fingerprint density at radius 3 is 2.47 bits per heavy atom. The number of aliphatic hydroxyl groups is 2. The zero-order valence-electron chi connectivity index (χ0n) is 21.9. The lowest BCUT2D eigenvalue weighted by molar-refractivity contribution is -0.171. The summed E-state index contributed by atoms with van der Waals surface area (Å²) in [7, 11) is 3.20. The summed E-state index contributed by atoms with van der Waals surface area (Å²) in [6.45, 7) is 4.26. The molecule has 38 heavy (non-hydrogen) atoms. The minimum absolute atomic E-state index is 0.0213. The van der Waals surface area contributed by atoms with Gasteiger partial charge in [0.1, 0.15) is 12.0 Å². The van der Waals surface area contributed by atoms with Crippen LogP contribution in [0.25, 0.3) is 0 Å². The molecular weight excluding hydrogens is 496 g/mol. The molecule has 1 aliphatic carbocycles. The SMILES string of the molecule is COC1=C(C)C(=O)C2=C(C1=O)[C@H]1[C@@H]3Cc4c(OC(C)=O)c(C)c5c(c4[C@H](CO)N3[C@@H](O)[C@H](C2)N1C)OCO5. The van der Waals surface area contributed by atoms with Crippen molar-refractivity contribution in [1.29, 1.82) is 0 Å². The van der Waals surface area contributed by atoms with Crippen LogP contribution in [0, 0.1) is 6.92 Å². The lowest BCUT2D eigenvalue weighted by Gasteiger charge is -2.60. The number of hydrogen-bond donors (Lipinski definition) is 2. The van der Waals surface area contributed by atoms with Gasteiger partial charge in [0.15, 0.2) is 23.0 Å². The molecule has 2 bridgehead atoms. The first-order valence-corrected chi connectivity index (χ1v) is 12.6. The fourth-order valence-corrected chi connectivity index (χ4v) is 7.10. The van der Waals surface area contributed by atoms with Crippen LogP contribution < -0.4 is 14.2 Å². The summed E-state index contributed by atoms with van der Waals surface area (Å²) in [5.74, 6) is 0.107. The molecule has 11 heteroatoms. The molecule has 4 aliphatic heterocycles. The van der Waals surface area contributed by atoms with Crippen molar-refractivity contribution in [2.24, 2.45) is 0 Å². The van der Waals surface area contributed by atoms with Gasteiger partial charge in [-0.05, 0) is 33.7 Å². The molecule has 1 fully saturated rings. The van der Waals surface area contributed by atoms with E-state index in [4.69, 9.17) is 18.9 Å². The Morgan fingerprint density at radius 1 is 1.11 bits per heavy atom. The first-order chi connectivity index (χ1) is 18.1. The summed E-state index contributed by atoms with van der Waals surface area (Å²) in [6, 6.07) is -2.36. The Bertz CT molecular complexity index is 1360. The molecule has 11 nitrogen and oxygen atoms in total. The maximum Gasteiger partial charge on any atom is 0.308 e. The Hall–Kier alpha value is -3.25. The number of carbonyl (C=O) groups is 3. The quantitative estimate of drug-likeness (QED) is 0.327. The van der Waals surface area contributed by atoms with Crippen LogP contribution >= 0.6 is 0 Å². The third-order valence-corrected chi connectivity index (χ3v) is 8.67. The maximum atomic E-state index is 13.7. The van der Waals surface area contributed by atoms with Crippen LogP contribution in [0.1, 0.15) is 43.0 Å². The molecule has 0 spiro atoms. The zero-order chi connectivity index (χ0) is 27.2. The average Bonchev–Trinajstić information content (AvgIpc) is 3.37. The Morgan fingerprint density at radius 2 is 1.82 bits per heavy atom. The van der Waals surface area contributed by atoms with Crippen LogP contribution in [-0.2, 0) is 25.5 Å². The number of benzene rings is 1. The highest BCUT2D eigenvalue weighted by Crippen LogP contribution is 2.55. The summed E-state index contributed by atoms with van der Waals surface area (Å²) in [5.41, 5.74) is 2.83. The summed E-state index contributed by atoms with van der Waals surface area (Å²) >= 11 is 0. The minimum Gasteiger partial charge on any atom is -0.492 e. The summed E-state index contributed by atoms with van der Waals surface area (Å²) in [5, 5.41) is 22.4. The molecule has 0 saturated carbocycles. The lowest BCUT2D eigenvalue weighted by atomic mass is 9.70. The molecule has 202 valence electrons. The van der Waals surface area contributed by atoms with Crippen LogP contribution in [0.5, 0.6) is 17.2 Å². The van der Waals surface area contributed by atoms with E-state index in [1.54, 1.807) is 13.8 Å². The van der Waals surface area contributed by atoms with Crippen molar-refractivity contribution in [1.82, 2.24) is 9.80 Å². The van der Waals surface area contributed by atoms with Gasteiger partial charge in [-0.25, -0.2) is 0 Å². The number of carbonyl (C=O) groups excluding carboxylic acids is 3. The van der Waals surface area contributed by atoms with E-state index in [1.165, 1.54) is 14.0 Å². The van der Waals surface area contributed by atoms with E-state index in [-0.39, 0.29) is 49.1 Å². The van der Waals surface area contributed by atoms with Crippen molar-refractivity contribution < 1.29 is 43.5 Å². The average molecular weight is 527 g/mol. The van der Waals surface area contributed by atoms with E-state index < -0.39 is 36.4 Å². The van der Waals surface area contributed by atoms with Crippen LogP contribution in [-0.4, -0.2) is 89.5 Å². The van der Waals surface area contributed by atoms with E-state index in [0.29, 0.717) is 45.1 Å². The number of Topliss-reactive ketones (excluding diaryl/α,β-unsaturated/α-hetero) is 2. The smallest absolute Gasteiger partial charge is 0.308 e. The van der Waals surface area contributed by atoms with Crippen LogP contribution in [0.3, 0.4) is 0 Å². The molecule has 0 amide bonds. The van der Waals surface area contributed by atoms with E-state index in [2.05, 4.69) is 0 Å². The van der Waals surface area contributed by atoms with Gasteiger partial charge >= 0.3 is 5.97 Å². The third kappa shape index (κ3) is 3.13. The van der Waals surface area contributed by atoms with Gasteiger partial charge in [-0.15, -0.1) is 0 Å². The van der Waals surface area contributed by atoms with Gasteiger partial charge in [0.2, 0.25) is 12.6 Å². The molecule has 0 aromatic heterocycles. The van der Waals surface area contributed by atoms with Gasteiger partial charge in [-0.3, -0.25) is 24.2 Å². The van der Waals surface area contributed by atoms with Gasteiger partial charge in [0.05, 0.1) is 31.8 Å². The van der Waals surface area contributed by atoms with Crippen LogP contribution in [0.2, 0.25) is 0 Å². The van der Waals surface area contributed by atoms with Gasteiger partial charge in [-0.1, -0.05) is 0 Å². The normalized spacial score (nSPS) is 30.2. The van der Waals surface area contributed by atoms with Gasteiger partial charge < -0.3 is 29.2 Å². The molecule has 2 N–H and O–H groups in total. The van der Waals surface area contributed by atoms with E-state index in [1.807, 2.05) is 16.8 Å². The fourth-order valence-electron chi connectivity index (χ4n) is 7.10. The first-order valence-electron chi connectivity index (χ1n) is 12.6. The van der Waals surface area contributed by atoms with Crippen molar-refractivity contribution in [3.63, 3.8) is 0 Å². The van der Waals surface area contributed by atoms with Crippen molar-refractivity contribution in [2.75, 3.05) is 27.6 Å². The highest BCUT2D eigenvalue weighted by molar-refractivity contribution is 6.25. The number of fused-ring (bicyclic) bond motifs is 8. The predicted octanol–water partition coefficient (Wildman–Crippen LogP) is 0.683. The van der Waals surface area contributed by atoms with Crippen LogP contribution in [0.4, 0.5) is 0 Å². The monoisotopic (exact) mass is 526 g/mol. The number of hydrogen-bond acceptors (Lipinski definition) is 11. The fraction of sp³-hybridized carbons (Fsp3) is 0.519.